The van der Waals surface area contributed by atoms with Crippen molar-refractivity contribution in [1.29, 1.82) is 0 Å². The third-order valence-electron chi connectivity index (χ3n) is 2.49. The first-order valence-corrected chi connectivity index (χ1v) is 7.59. The summed E-state index contributed by atoms with van der Waals surface area (Å²) >= 11 is 5.79. The summed E-state index contributed by atoms with van der Waals surface area (Å²) in [6, 6.07) is 6.96. The molecule has 0 spiro atoms. The summed E-state index contributed by atoms with van der Waals surface area (Å²) in [7, 11) is -1.83. The van der Waals surface area contributed by atoms with Crippen molar-refractivity contribution in [1.82, 2.24) is 14.4 Å². The van der Waals surface area contributed by atoms with Gasteiger partial charge in [-0.1, -0.05) is 16.8 Å². The number of nitrogens with zero attached hydrogens (tertiary/aromatic N) is 3. The van der Waals surface area contributed by atoms with Crippen LogP contribution in [-0.2, 0) is 16.6 Å². The molecule has 1 aromatic heterocycles. The van der Waals surface area contributed by atoms with Gasteiger partial charge in [0, 0.05) is 17.6 Å². The minimum absolute atomic E-state index is 0.0411. The minimum atomic E-state index is -3.27. The largest absolute Gasteiger partial charge is 0.338 e. The minimum Gasteiger partial charge on any atom is -0.338 e. The molecule has 1 heterocycles. The predicted octanol–water partition coefficient (Wildman–Crippen LogP) is 1.78. The molecule has 2 rings (SSSR count). The summed E-state index contributed by atoms with van der Waals surface area (Å²) in [6.45, 7) is 0.0411. The Balaban J connectivity index is 2.18. The van der Waals surface area contributed by atoms with Gasteiger partial charge in [-0.3, -0.25) is 0 Å². The van der Waals surface area contributed by atoms with Gasteiger partial charge in [0.25, 0.3) is 0 Å². The third kappa shape index (κ3) is 3.52. The number of hydrogen-bond acceptors (Lipinski definition) is 5. The molecule has 0 atom stereocenters. The van der Waals surface area contributed by atoms with Crippen molar-refractivity contribution in [2.24, 2.45) is 0 Å². The Labute approximate surface area is 116 Å². The number of aromatic nitrogens is 2. The van der Waals surface area contributed by atoms with Crippen molar-refractivity contribution >= 4 is 21.6 Å². The summed E-state index contributed by atoms with van der Waals surface area (Å²) in [5, 5.41) is 4.42. The van der Waals surface area contributed by atoms with Gasteiger partial charge in [0.1, 0.15) is 0 Å². The number of hydrogen-bond donors (Lipinski definition) is 0. The first-order chi connectivity index (χ1) is 8.86. The van der Waals surface area contributed by atoms with Crippen LogP contribution in [-0.4, -0.2) is 36.2 Å². The van der Waals surface area contributed by atoms with E-state index in [1.165, 1.54) is 7.05 Å². The average molecular weight is 302 g/mol. The fraction of sp³-hybridized carbons (Fsp3) is 0.273. The Bertz CT molecular complexity index is 667. The van der Waals surface area contributed by atoms with Crippen LogP contribution in [0.5, 0.6) is 0 Å². The molecule has 0 aliphatic rings. The standard InChI is InChI=1S/C11H12ClN3O3S/c1-15(19(2,16)17)7-10-13-11(14-18-10)8-3-5-9(12)6-4-8/h3-6H,7H2,1-2H3. The Morgan fingerprint density at radius 3 is 2.53 bits per heavy atom. The highest BCUT2D eigenvalue weighted by Gasteiger charge is 2.16. The number of sulfonamides is 1. The molecule has 102 valence electrons. The lowest BCUT2D eigenvalue weighted by Crippen LogP contribution is -2.25. The van der Waals surface area contributed by atoms with Gasteiger partial charge in [-0.2, -0.15) is 9.29 Å². The second kappa shape index (κ2) is 5.28. The van der Waals surface area contributed by atoms with E-state index in [1.807, 2.05) is 0 Å². The lowest BCUT2D eigenvalue weighted by molar-refractivity contribution is 0.337. The molecule has 2 aromatic rings. The first kappa shape index (κ1) is 14.0. The molecule has 8 heteroatoms. The van der Waals surface area contributed by atoms with Crippen LogP contribution in [0, 0.1) is 0 Å². The van der Waals surface area contributed by atoms with Crippen molar-refractivity contribution in [3.8, 4) is 11.4 Å². The zero-order valence-corrected chi connectivity index (χ0v) is 11.9. The molecule has 0 amide bonds. The van der Waals surface area contributed by atoms with E-state index in [-0.39, 0.29) is 12.4 Å². The molecule has 0 bridgehead atoms. The lowest BCUT2D eigenvalue weighted by atomic mass is 10.2. The third-order valence-corrected chi connectivity index (χ3v) is 4.01. The molecule has 19 heavy (non-hydrogen) atoms. The SMILES string of the molecule is CN(Cc1nc(-c2ccc(Cl)cc2)no1)S(C)(=O)=O. The van der Waals surface area contributed by atoms with Gasteiger partial charge in [-0.15, -0.1) is 0 Å². The molecule has 0 radical (unpaired) electrons. The van der Waals surface area contributed by atoms with Gasteiger partial charge < -0.3 is 4.52 Å². The maximum atomic E-state index is 11.3. The predicted molar refractivity (Wildman–Crippen MR) is 71.1 cm³/mol. The normalized spacial score (nSPS) is 12.0. The van der Waals surface area contributed by atoms with Crippen LogP contribution < -0.4 is 0 Å². The summed E-state index contributed by atoms with van der Waals surface area (Å²) < 4.78 is 28.7. The Morgan fingerprint density at radius 1 is 1.32 bits per heavy atom. The highest BCUT2D eigenvalue weighted by Crippen LogP contribution is 2.19. The van der Waals surface area contributed by atoms with Crippen molar-refractivity contribution in [3.05, 3.63) is 35.2 Å². The van der Waals surface area contributed by atoms with E-state index in [0.29, 0.717) is 10.8 Å². The molecule has 0 aliphatic carbocycles. The number of rotatable bonds is 4. The fourth-order valence-corrected chi connectivity index (χ4v) is 1.81. The van der Waals surface area contributed by atoms with Gasteiger partial charge in [-0.05, 0) is 24.3 Å². The van der Waals surface area contributed by atoms with Crippen LogP contribution in [0.25, 0.3) is 11.4 Å². The number of halogens is 1. The fourth-order valence-electron chi connectivity index (χ4n) is 1.34. The summed E-state index contributed by atoms with van der Waals surface area (Å²) in [6.07, 6.45) is 1.11. The smallest absolute Gasteiger partial charge is 0.242 e. The molecule has 6 nitrogen and oxygen atoms in total. The van der Waals surface area contributed by atoms with Crippen molar-refractivity contribution in [3.63, 3.8) is 0 Å². The van der Waals surface area contributed by atoms with Crippen LogP contribution in [0.1, 0.15) is 5.89 Å². The monoisotopic (exact) mass is 301 g/mol. The van der Waals surface area contributed by atoms with Crippen molar-refractivity contribution in [2.45, 2.75) is 6.54 Å². The van der Waals surface area contributed by atoms with Crippen LogP contribution >= 0.6 is 11.6 Å². The topological polar surface area (TPSA) is 76.3 Å². The van der Waals surface area contributed by atoms with Crippen LogP contribution in [0.4, 0.5) is 0 Å². The second-order valence-corrected chi connectivity index (χ2v) is 6.56. The maximum Gasteiger partial charge on any atom is 0.242 e. The van der Waals surface area contributed by atoms with Crippen LogP contribution in [0.15, 0.2) is 28.8 Å². The highest BCUT2D eigenvalue weighted by atomic mass is 35.5. The van der Waals surface area contributed by atoms with E-state index in [4.69, 9.17) is 16.1 Å². The van der Waals surface area contributed by atoms with E-state index >= 15 is 0 Å². The van der Waals surface area contributed by atoms with Crippen LogP contribution in [0.2, 0.25) is 5.02 Å². The molecule has 0 fully saturated rings. The lowest BCUT2D eigenvalue weighted by Gasteiger charge is -2.09. The van der Waals surface area contributed by atoms with E-state index in [2.05, 4.69) is 10.1 Å². The van der Waals surface area contributed by atoms with Gasteiger partial charge in [0.2, 0.25) is 21.7 Å². The van der Waals surface area contributed by atoms with E-state index in [0.717, 1.165) is 16.1 Å². The Hall–Kier alpha value is -1.44. The Kier molecular flexibility index (Phi) is 3.88. The first-order valence-electron chi connectivity index (χ1n) is 5.36. The average Bonchev–Trinajstić information content (AvgIpc) is 2.77. The summed E-state index contributed by atoms with van der Waals surface area (Å²) in [4.78, 5) is 4.14. The molecule has 0 aliphatic heterocycles. The summed E-state index contributed by atoms with van der Waals surface area (Å²) in [5.41, 5.74) is 0.751. The van der Waals surface area contributed by atoms with E-state index < -0.39 is 10.0 Å². The van der Waals surface area contributed by atoms with Gasteiger partial charge in [-0.25, -0.2) is 8.42 Å². The maximum absolute atomic E-state index is 11.3. The van der Waals surface area contributed by atoms with Crippen molar-refractivity contribution in [2.75, 3.05) is 13.3 Å². The van der Waals surface area contributed by atoms with Gasteiger partial charge in [0.15, 0.2) is 0 Å². The summed E-state index contributed by atoms with van der Waals surface area (Å²) in [5.74, 6) is 0.631. The van der Waals surface area contributed by atoms with Crippen LogP contribution in [0.3, 0.4) is 0 Å². The molecule has 0 N–H and O–H groups in total. The second-order valence-electron chi connectivity index (χ2n) is 4.04. The molecular formula is C11H12ClN3O3S. The molecular weight excluding hydrogens is 290 g/mol. The molecule has 0 unspecified atom stereocenters. The molecule has 0 saturated carbocycles. The number of benzene rings is 1. The van der Waals surface area contributed by atoms with E-state index in [1.54, 1.807) is 24.3 Å². The molecule has 0 saturated heterocycles. The van der Waals surface area contributed by atoms with Gasteiger partial charge >= 0.3 is 0 Å². The quantitative estimate of drug-likeness (QED) is 0.860. The van der Waals surface area contributed by atoms with Gasteiger partial charge in [0.05, 0.1) is 12.8 Å². The Morgan fingerprint density at radius 2 is 1.95 bits per heavy atom. The zero-order valence-electron chi connectivity index (χ0n) is 10.4. The molecule has 1 aromatic carbocycles. The van der Waals surface area contributed by atoms with Crippen molar-refractivity contribution < 1.29 is 12.9 Å². The highest BCUT2D eigenvalue weighted by molar-refractivity contribution is 7.88. The van der Waals surface area contributed by atoms with E-state index in [9.17, 15) is 8.42 Å². The zero-order chi connectivity index (χ0) is 14.0.